The van der Waals surface area contributed by atoms with E-state index in [0.29, 0.717) is 31.8 Å². The van der Waals surface area contributed by atoms with Crippen LogP contribution < -0.4 is 0 Å². The Morgan fingerprint density at radius 2 is 1.86 bits per heavy atom. The van der Waals surface area contributed by atoms with Gasteiger partial charge in [0, 0.05) is 43.5 Å². The van der Waals surface area contributed by atoms with E-state index >= 15 is 0 Å². The maximum absolute atomic E-state index is 13.3. The van der Waals surface area contributed by atoms with Gasteiger partial charge in [0.1, 0.15) is 11.4 Å². The van der Waals surface area contributed by atoms with Gasteiger partial charge in [0.2, 0.25) is 5.91 Å². The molecule has 2 aliphatic rings. The number of hydrogen-bond donors (Lipinski definition) is 0. The molecule has 2 aromatic rings. The van der Waals surface area contributed by atoms with Gasteiger partial charge in [-0.05, 0) is 45.7 Å². The fraction of sp³-hybridized carbons (Fsp3) is 0.571. The number of aromatic nitrogens is 1. The van der Waals surface area contributed by atoms with Crippen LogP contribution in [-0.4, -0.2) is 58.7 Å². The number of ether oxygens (including phenoxy) is 1. The van der Waals surface area contributed by atoms with Crippen molar-refractivity contribution in [3.05, 3.63) is 29.7 Å². The molecule has 4 rings (SSSR count). The van der Waals surface area contributed by atoms with Crippen molar-refractivity contribution >= 4 is 23.0 Å². The lowest BCUT2D eigenvalue weighted by Gasteiger charge is -2.42. The van der Waals surface area contributed by atoms with E-state index in [-0.39, 0.29) is 29.7 Å². The second-order valence-electron chi connectivity index (χ2n) is 8.89. The molecule has 29 heavy (non-hydrogen) atoms. The Bertz CT molecular complexity index is 922. The molecule has 0 aliphatic carbocycles. The number of rotatable bonds is 2. The zero-order chi connectivity index (χ0) is 20.8. The van der Waals surface area contributed by atoms with E-state index in [0.717, 1.165) is 23.9 Å². The number of halogens is 1. The Balaban J connectivity index is 1.30. The van der Waals surface area contributed by atoms with E-state index in [1.807, 2.05) is 25.7 Å². The first-order valence-electron chi connectivity index (χ1n) is 10.0. The number of nitrogens with zero attached hydrogens (tertiary/aromatic N) is 3. The van der Waals surface area contributed by atoms with E-state index in [2.05, 4.69) is 5.16 Å². The number of hydrogen-bond acceptors (Lipinski definition) is 5. The topological polar surface area (TPSA) is 75.9 Å². The van der Waals surface area contributed by atoms with Crippen LogP contribution in [0.4, 0.5) is 9.18 Å². The van der Waals surface area contributed by atoms with Gasteiger partial charge in [-0.25, -0.2) is 9.18 Å². The van der Waals surface area contributed by atoms with Crippen LogP contribution in [0.2, 0.25) is 0 Å². The van der Waals surface area contributed by atoms with Crippen molar-refractivity contribution in [3.63, 3.8) is 0 Å². The Morgan fingerprint density at radius 3 is 2.52 bits per heavy atom. The van der Waals surface area contributed by atoms with Crippen LogP contribution >= 0.6 is 0 Å². The highest BCUT2D eigenvalue weighted by Crippen LogP contribution is 2.33. The van der Waals surface area contributed by atoms with Crippen LogP contribution in [0.25, 0.3) is 11.0 Å². The number of amides is 2. The molecule has 0 saturated carbocycles. The van der Waals surface area contributed by atoms with Crippen LogP contribution in [0, 0.1) is 11.7 Å². The van der Waals surface area contributed by atoms with E-state index in [1.165, 1.54) is 12.1 Å². The van der Waals surface area contributed by atoms with E-state index in [9.17, 15) is 14.0 Å². The first kappa shape index (κ1) is 19.7. The van der Waals surface area contributed by atoms with Crippen molar-refractivity contribution in [3.8, 4) is 0 Å². The summed E-state index contributed by atoms with van der Waals surface area (Å²) in [5.74, 6) is -0.225. The Labute approximate surface area is 168 Å². The van der Waals surface area contributed by atoms with Gasteiger partial charge in [-0.15, -0.1) is 0 Å². The highest BCUT2D eigenvalue weighted by molar-refractivity contribution is 5.83. The third-order valence-corrected chi connectivity index (χ3v) is 5.54. The minimum Gasteiger partial charge on any atom is -0.444 e. The first-order valence-corrected chi connectivity index (χ1v) is 10.0. The van der Waals surface area contributed by atoms with Gasteiger partial charge in [0.25, 0.3) is 0 Å². The predicted octanol–water partition coefficient (Wildman–Crippen LogP) is 3.54. The normalized spacial score (nSPS) is 18.8. The van der Waals surface area contributed by atoms with E-state index in [4.69, 9.17) is 9.26 Å². The molecular weight excluding hydrogens is 377 g/mol. The summed E-state index contributed by atoms with van der Waals surface area (Å²) in [7, 11) is 0. The molecule has 0 N–H and O–H groups in total. The fourth-order valence-corrected chi connectivity index (χ4v) is 3.97. The summed E-state index contributed by atoms with van der Waals surface area (Å²) in [5, 5.41) is 4.98. The molecular formula is C21H26FN3O4. The smallest absolute Gasteiger partial charge is 0.410 e. The van der Waals surface area contributed by atoms with Crippen molar-refractivity contribution < 1.29 is 23.2 Å². The van der Waals surface area contributed by atoms with E-state index < -0.39 is 5.60 Å². The number of carbonyl (C=O) groups is 2. The summed E-state index contributed by atoms with van der Waals surface area (Å²) in [5.41, 5.74) is 0.757. The van der Waals surface area contributed by atoms with Crippen LogP contribution in [0.5, 0.6) is 0 Å². The first-order chi connectivity index (χ1) is 13.7. The largest absolute Gasteiger partial charge is 0.444 e. The van der Waals surface area contributed by atoms with Crippen LogP contribution in [-0.2, 0) is 9.53 Å². The molecule has 2 fully saturated rings. The van der Waals surface area contributed by atoms with E-state index in [1.54, 1.807) is 11.0 Å². The predicted molar refractivity (Wildman–Crippen MR) is 104 cm³/mol. The van der Waals surface area contributed by atoms with Gasteiger partial charge in [-0.1, -0.05) is 5.16 Å². The van der Waals surface area contributed by atoms with Gasteiger partial charge >= 0.3 is 6.09 Å². The van der Waals surface area contributed by atoms with Crippen molar-refractivity contribution in [2.24, 2.45) is 5.92 Å². The number of likely N-dealkylation sites (tertiary alicyclic amines) is 2. The molecule has 0 atom stereocenters. The molecule has 2 amide bonds. The summed E-state index contributed by atoms with van der Waals surface area (Å²) in [6, 6.07) is 4.46. The molecule has 156 valence electrons. The van der Waals surface area contributed by atoms with Gasteiger partial charge in [0.05, 0.1) is 11.6 Å². The third kappa shape index (κ3) is 4.06. The molecule has 0 unspecified atom stereocenters. The number of carbonyl (C=O) groups excluding carboxylic acids is 2. The van der Waals surface area contributed by atoms with Crippen molar-refractivity contribution in [1.29, 1.82) is 0 Å². The highest BCUT2D eigenvalue weighted by atomic mass is 19.1. The summed E-state index contributed by atoms with van der Waals surface area (Å²) in [4.78, 5) is 28.2. The summed E-state index contributed by atoms with van der Waals surface area (Å²) < 4.78 is 23.9. The molecule has 2 aliphatic heterocycles. The number of piperidine rings is 1. The molecule has 3 heterocycles. The molecule has 8 heteroatoms. The highest BCUT2D eigenvalue weighted by Gasteiger charge is 2.40. The van der Waals surface area contributed by atoms with Crippen LogP contribution in [0.3, 0.4) is 0 Å². The zero-order valence-electron chi connectivity index (χ0n) is 17.0. The zero-order valence-corrected chi connectivity index (χ0v) is 17.0. The molecule has 2 saturated heterocycles. The monoisotopic (exact) mass is 403 g/mol. The second kappa shape index (κ2) is 7.31. The number of benzene rings is 1. The average molecular weight is 403 g/mol. The van der Waals surface area contributed by atoms with Gasteiger partial charge in [0.15, 0.2) is 5.58 Å². The fourth-order valence-electron chi connectivity index (χ4n) is 3.97. The quantitative estimate of drug-likeness (QED) is 0.767. The van der Waals surface area contributed by atoms with Gasteiger partial charge in [-0.3, -0.25) is 4.79 Å². The Kier molecular flexibility index (Phi) is 4.96. The Morgan fingerprint density at radius 1 is 1.17 bits per heavy atom. The third-order valence-electron chi connectivity index (χ3n) is 5.54. The standard InChI is InChI=1S/C21H26FN3O4/c1-21(2,3)28-20(27)25-11-14(12-25)19(26)24-8-6-13(7-9-24)18-16-5-4-15(22)10-17(16)29-23-18/h4-5,10,13-14H,6-9,11-12H2,1-3H3. The van der Waals surface area contributed by atoms with Crippen molar-refractivity contribution in [2.75, 3.05) is 26.2 Å². The minimum atomic E-state index is -0.537. The molecule has 0 radical (unpaired) electrons. The van der Waals surface area contributed by atoms with Gasteiger partial charge < -0.3 is 19.1 Å². The Hall–Kier alpha value is -2.64. The molecule has 1 aromatic carbocycles. The minimum absolute atomic E-state index is 0.0929. The second-order valence-corrected chi connectivity index (χ2v) is 8.89. The van der Waals surface area contributed by atoms with Crippen molar-refractivity contribution in [1.82, 2.24) is 15.0 Å². The summed E-state index contributed by atoms with van der Waals surface area (Å²) in [6.45, 7) is 7.58. The SMILES string of the molecule is CC(C)(C)OC(=O)N1CC(C(=O)N2CCC(c3noc4cc(F)ccc34)CC2)C1. The summed E-state index contributed by atoms with van der Waals surface area (Å²) >= 11 is 0. The summed E-state index contributed by atoms with van der Waals surface area (Å²) in [6.07, 6.45) is 1.20. The lowest BCUT2D eigenvalue weighted by atomic mass is 9.90. The average Bonchev–Trinajstić information content (AvgIpc) is 3.01. The van der Waals surface area contributed by atoms with Crippen LogP contribution in [0.15, 0.2) is 22.7 Å². The van der Waals surface area contributed by atoms with Crippen LogP contribution in [0.1, 0.15) is 45.2 Å². The molecule has 0 spiro atoms. The molecule has 7 nitrogen and oxygen atoms in total. The maximum atomic E-state index is 13.3. The maximum Gasteiger partial charge on any atom is 0.410 e. The lowest BCUT2D eigenvalue weighted by Crippen LogP contribution is -2.58. The van der Waals surface area contributed by atoms with Crippen molar-refractivity contribution in [2.45, 2.75) is 45.1 Å². The molecule has 1 aromatic heterocycles. The number of fused-ring (bicyclic) bond motifs is 1. The van der Waals surface area contributed by atoms with Gasteiger partial charge in [-0.2, -0.15) is 0 Å². The molecule has 0 bridgehead atoms. The lowest BCUT2D eigenvalue weighted by molar-refractivity contribution is -0.141.